The predicted octanol–water partition coefficient (Wildman–Crippen LogP) is 3.44. The minimum Gasteiger partial charge on any atom is -0.372 e. The van der Waals surface area contributed by atoms with Gasteiger partial charge in [0.25, 0.3) is 0 Å². The number of rotatable bonds is 0. The number of allylic oxidation sites excluding steroid dienone is 1. The second-order valence-electron chi connectivity index (χ2n) is 4.77. The van der Waals surface area contributed by atoms with Crippen LogP contribution in [0.15, 0.2) is 11.6 Å². The quantitative estimate of drug-likeness (QED) is 0.519. The lowest BCUT2D eigenvalue weighted by Crippen LogP contribution is -2.41. The van der Waals surface area contributed by atoms with Gasteiger partial charge in [-0.25, -0.2) is 0 Å². The first kappa shape index (κ1) is 9.26. The minimum absolute atomic E-state index is 0.233. The van der Waals surface area contributed by atoms with Gasteiger partial charge in [-0.1, -0.05) is 11.6 Å². The van der Waals surface area contributed by atoms with E-state index in [9.17, 15) is 0 Å². The topological polar surface area (TPSA) is 9.23 Å². The highest BCUT2D eigenvalue weighted by molar-refractivity contribution is 5.10. The van der Waals surface area contributed by atoms with Crippen LogP contribution in [0.5, 0.6) is 0 Å². The Bertz CT molecular complexity index is 219. The molecule has 0 radical (unpaired) electrons. The summed E-state index contributed by atoms with van der Waals surface area (Å²) in [6, 6.07) is 0. The molecule has 1 heterocycles. The fourth-order valence-electron chi connectivity index (χ4n) is 2.82. The van der Waals surface area contributed by atoms with E-state index in [1.165, 1.54) is 44.1 Å². The Balaban J connectivity index is 2.07. The van der Waals surface area contributed by atoms with E-state index >= 15 is 0 Å². The molecule has 0 unspecified atom stereocenters. The van der Waals surface area contributed by atoms with Crippen LogP contribution in [0.1, 0.15) is 52.4 Å². The first-order chi connectivity index (χ1) is 6.20. The monoisotopic (exact) mass is 180 g/mol. The lowest BCUT2D eigenvalue weighted by molar-refractivity contribution is -0.126. The first-order valence-electron chi connectivity index (χ1n) is 5.54. The van der Waals surface area contributed by atoms with E-state index in [-0.39, 0.29) is 5.60 Å². The Kier molecular flexibility index (Phi) is 2.46. The largest absolute Gasteiger partial charge is 0.372 e. The van der Waals surface area contributed by atoms with Crippen LogP contribution in [0.25, 0.3) is 0 Å². The zero-order valence-electron chi connectivity index (χ0n) is 8.81. The van der Waals surface area contributed by atoms with Crippen molar-refractivity contribution in [1.29, 1.82) is 0 Å². The maximum Gasteiger partial charge on any atom is 0.0725 e. The van der Waals surface area contributed by atoms with Crippen LogP contribution in [0, 0.1) is 0 Å². The molecule has 2 aliphatic rings. The maximum atomic E-state index is 6.14. The van der Waals surface area contributed by atoms with E-state index in [0.29, 0.717) is 6.10 Å². The molecule has 0 bridgehead atoms. The summed E-state index contributed by atoms with van der Waals surface area (Å²) in [6.45, 7) is 4.46. The van der Waals surface area contributed by atoms with Gasteiger partial charge in [-0.2, -0.15) is 0 Å². The van der Waals surface area contributed by atoms with Gasteiger partial charge >= 0.3 is 0 Å². The smallest absolute Gasteiger partial charge is 0.0725 e. The van der Waals surface area contributed by atoms with Crippen LogP contribution >= 0.6 is 0 Å². The third kappa shape index (κ3) is 1.96. The van der Waals surface area contributed by atoms with Crippen molar-refractivity contribution in [1.82, 2.24) is 0 Å². The third-order valence-corrected chi connectivity index (χ3v) is 3.39. The molecule has 0 aromatic carbocycles. The second-order valence-corrected chi connectivity index (χ2v) is 4.77. The molecule has 0 aromatic rings. The lowest BCUT2D eigenvalue weighted by Gasteiger charge is -2.42. The molecule has 2 atom stereocenters. The van der Waals surface area contributed by atoms with Crippen LogP contribution in [0.2, 0.25) is 0 Å². The Morgan fingerprint density at radius 1 is 1.46 bits per heavy atom. The normalized spacial score (nSPS) is 40.5. The summed E-state index contributed by atoms with van der Waals surface area (Å²) in [4.78, 5) is 0. The molecular weight excluding hydrogens is 160 g/mol. The molecule has 0 saturated carbocycles. The summed E-state index contributed by atoms with van der Waals surface area (Å²) in [5.74, 6) is 0. The van der Waals surface area contributed by atoms with Gasteiger partial charge in [-0.05, 0) is 52.4 Å². The highest BCUT2D eigenvalue weighted by atomic mass is 16.5. The first-order valence-corrected chi connectivity index (χ1v) is 5.54. The molecule has 2 rings (SSSR count). The summed E-state index contributed by atoms with van der Waals surface area (Å²) >= 11 is 0. The van der Waals surface area contributed by atoms with Gasteiger partial charge in [0.2, 0.25) is 0 Å². The van der Waals surface area contributed by atoms with Gasteiger partial charge in [0.15, 0.2) is 0 Å². The highest BCUT2D eigenvalue weighted by Gasteiger charge is 2.36. The standard InChI is InChI=1S/C12H20O/c1-10-5-3-7-12(9-10)8-4-6-11(2)13-12/h5,11H,3-4,6-9H2,1-2H3/t11-,12+/m0/s1. The fraction of sp³-hybridized carbons (Fsp3) is 0.833. The summed E-state index contributed by atoms with van der Waals surface area (Å²) in [7, 11) is 0. The molecule has 74 valence electrons. The van der Waals surface area contributed by atoms with E-state index in [1.807, 2.05) is 0 Å². The molecule has 1 aliphatic heterocycles. The molecular formula is C12H20O. The summed E-state index contributed by atoms with van der Waals surface area (Å²) in [5, 5.41) is 0. The second kappa shape index (κ2) is 3.45. The zero-order chi connectivity index (χ0) is 9.31. The van der Waals surface area contributed by atoms with Crippen LogP contribution < -0.4 is 0 Å². The molecule has 0 N–H and O–H groups in total. The maximum absolute atomic E-state index is 6.14. The number of hydrogen-bond donors (Lipinski definition) is 0. The van der Waals surface area contributed by atoms with Gasteiger partial charge in [0.1, 0.15) is 0 Å². The van der Waals surface area contributed by atoms with Crippen molar-refractivity contribution in [3.8, 4) is 0 Å². The fourth-order valence-corrected chi connectivity index (χ4v) is 2.82. The van der Waals surface area contributed by atoms with Crippen molar-refractivity contribution in [3.05, 3.63) is 11.6 Å². The number of ether oxygens (including phenoxy) is 1. The molecule has 1 nitrogen and oxygen atoms in total. The molecule has 0 amide bonds. The molecule has 0 aromatic heterocycles. The zero-order valence-corrected chi connectivity index (χ0v) is 8.81. The van der Waals surface area contributed by atoms with Crippen molar-refractivity contribution >= 4 is 0 Å². The Labute approximate surface area is 81.2 Å². The van der Waals surface area contributed by atoms with Gasteiger partial charge < -0.3 is 4.74 Å². The Morgan fingerprint density at radius 3 is 3.00 bits per heavy atom. The molecule has 1 aliphatic carbocycles. The Hall–Kier alpha value is -0.300. The van der Waals surface area contributed by atoms with Crippen molar-refractivity contribution in [3.63, 3.8) is 0 Å². The third-order valence-electron chi connectivity index (χ3n) is 3.39. The van der Waals surface area contributed by atoms with Crippen molar-refractivity contribution in [2.75, 3.05) is 0 Å². The molecule has 1 spiro atoms. The van der Waals surface area contributed by atoms with Gasteiger partial charge in [0.05, 0.1) is 11.7 Å². The van der Waals surface area contributed by atoms with Gasteiger partial charge in [-0.15, -0.1) is 0 Å². The van der Waals surface area contributed by atoms with E-state index in [1.54, 1.807) is 0 Å². The summed E-state index contributed by atoms with van der Waals surface area (Å²) in [5.41, 5.74) is 1.76. The lowest BCUT2D eigenvalue weighted by atomic mass is 9.79. The highest BCUT2D eigenvalue weighted by Crippen LogP contribution is 2.40. The average molecular weight is 180 g/mol. The van der Waals surface area contributed by atoms with Gasteiger partial charge in [-0.3, -0.25) is 0 Å². The van der Waals surface area contributed by atoms with Crippen LogP contribution in [-0.2, 0) is 4.74 Å². The van der Waals surface area contributed by atoms with E-state index in [2.05, 4.69) is 19.9 Å². The van der Waals surface area contributed by atoms with E-state index in [0.717, 1.165) is 0 Å². The molecule has 1 fully saturated rings. The number of hydrogen-bond acceptors (Lipinski definition) is 1. The summed E-state index contributed by atoms with van der Waals surface area (Å²) in [6.07, 6.45) is 10.4. The average Bonchev–Trinajstić information content (AvgIpc) is 2.02. The predicted molar refractivity (Wildman–Crippen MR) is 54.7 cm³/mol. The molecule has 1 heteroatoms. The van der Waals surface area contributed by atoms with Gasteiger partial charge in [0, 0.05) is 0 Å². The van der Waals surface area contributed by atoms with E-state index < -0.39 is 0 Å². The molecule has 1 saturated heterocycles. The minimum atomic E-state index is 0.233. The van der Waals surface area contributed by atoms with Crippen molar-refractivity contribution in [2.24, 2.45) is 0 Å². The van der Waals surface area contributed by atoms with Crippen molar-refractivity contribution < 1.29 is 4.74 Å². The van der Waals surface area contributed by atoms with Crippen LogP contribution in [-0.4, -0.2) is 11.7 Å². The van der Waals surface area contributed by atoms with Crippen molar-refractivity contribution in [2.45, 2.75) is 64.1 Å². The van der Waals surface area contributed by atoms with E-state index in [4.69, 9.17) is 4.74 Å². The summed E-state index contributed by atoms with van der Waals surface area (Å²) < 4.78 is 6.14. The Morgan fingerprint density at radius 2 is 2.31 bits per heavy atom. The van der Waals surface area contributed by atoms with Crippen LogP contribution in [0.4, 0.5) is 0 Å². The molecule has 13 heavy (non-hydrogen) atoms. The van der Waals surface area contributed by atoms with Crippen LogP contribution in [0.3, 0.4) is 0 Å². The SMILES string of the molecule is CC1=CCC[C@@]2(CCC[C@H](C)O2)C1.